The number of carbonyl (C=O) groups excluding carboxylic acids is 2. The van der Waals surface area contributed by atoms with Crippen molar-refractivity contribution in [3.05, 3.63) is 24.8 Å². The lowest BCUT2D eigenvalue weighted by Crippen LogP contribution is -2.29. The Bertz CT molecular complexity index is 853. The van der Waals surface area contributed by atoms with E-state index >= 15 is 0 Å². The van der Waals surface area contributed by atoms with Gasteiger partial charge in [0.2, 0.25) is 0 Å². The standard InChI is InChI=1S/C39H74NO8P/c1-3-5-7-9-11-13-15-17-18-20-22-24-26-28-30-32-39(42)48-37(36-47-49(43,44)46-34-33-40)35-45-38(41)31-29-27-25-23-21-19-16-14-12-10-8-6-4-2/h3,19,21,37H,1,4-18,20,22-36,40H2,2H3,(H,43,44)/b21-19+/t37-/m1/s1. The maximum atomic E-state index is 12.5. The molecule has 0 aliphatic carbocycles. The van der Waals surface area contributed by atoms with Gasteiger partial charge in [0.25, 0.3) is 0 Å². The van der Waals surface area contributed by atoms with Gasteiger partial charge in [0.1, 0.15) is 6.61 Å². The second-order valence-electron chi connectivity index (χ2n) is 13.2. The van der Waals surface area contributed by atoms with Gasteiger partial charge in [0, 0.05) is 19.4 Å². The van der Waals surface area contributed by atoms with Crippen molar-refractivity contribution >= 4 is 19.8 Å². The first-order valence-corrected chi connectivity index (χ1v) is 21.3. The first-order chi connectivity index (χ1) is 23.8. The summed E-state index contributed by atoms with van der Waals surface area (Å²) in [5.41, 5.74) is 5.33. The van der Waals surface area contributed by atoms with Crippen LogP contribution < -0.4 is 5.73 Å². The Hall–Kier alpha value is -1.51. The van der Waals surface area contributed by atoms with Crippen LogP contribution in [0.4, 0.5) is 0 Å². The van der Waals surface area contributed by atoms with Gasteiger partial charge in [0.15, 0.2) is 6.10 Å². The zero-order valence-electron chi connectivity index (χ0n) is 31.3. The third-order valence-corrected chi connectivity index (χ3v) is 9.44. The van der Waals surface area contributed by atoms with E-state index in [9.17, 15) is 19.0 Å². The smallest absolute Gasteiger partial charge is 0.462 e. The molecule has 9 nitrogen and oxygen atoms in total. The average molecular weight is 716 g/mol. The van der Waals surface area contributed by atoms with Crippen LogP contribution in [-0.4, -0.2) is 49.3 Å². The molecule has 0 amide bonds. The summed E-state index contributed by atoms with van der Waals surface area (Å²) in [5, 5.41) is 0. The van der Waals surface area contributed by atoms with Crippen LogP contribution in [0.25, 0.3) is 0 Å². The van der Waals surface area contributed by atoms with E-state index in [4.69, 9.17) is 24.3 Å². The van der Waals surface area contributed by atoms with Gasteiger partial charge in [-0.2, -0.15) is 0 Å². The fourth-order valence-electron chi connectivity index (χ4n) is 5.49. The van der Waals surface area contributed by atoms with Crippen molar-refractivity contribution in [3.63, 3.8) is 0 Å². The van der Waals surface area contributed by atoms with Gasteiger partial charge < -0.3 is 20.1 Å². The minimum absolute atomic E-state index is 0.0520. The maximum Gasteiger partial charge on any atom is 0.472 e. The molecule has 0 radical (unpaired) electrons. The summed E-state index contributed by atoms with van der Waals surface area (Å²) in [6, 6.07) is 0. The van der Waals surface area contributed by atoms with Gasteiger partial charge in [-0.1, -0.05) is 134 Å². The summed E-state index contributed by atoms with van der Waals surface area (Å²) in [5.74, 6) is -0.847. The molecule has 0 aliphatic rings. The number of allylic oxidation sites excluding steroid dienone is 3. The molecule has 10 heteroatoms. The number of unbranched alkanes of at least 4 members (excludes halogenated alkanes) is 22. The molecule has 0 aromatic heterocycles. The average Bonchev–Trinajstić information content (AvgIpc) is 3.08. The van der Waals surface area contributed by atoms with Crippen LogP contribution in [0.1, 0.15) is 180 Å². The number of rotatable bonds is 38. The molecule has 3 N–H and O–H groups in total. The third kappa shape index (κ3) is 36.1. The molecule has 0 saturated carbocycles. The molecular weight excluding hydrogens is 641 g/mol. The minimum atomic E-state index is -4.37. The molecule has 0 bridgehead atoms. The van der Waals surface area contributed by atoms with Crippen molar-refractivity contribution in [1.29, 1.82) is 0 Å². The zero-order valence-corrected chi connectivity index (χ0v) is 32.2. The Morgan fingerprint density at radius 3 is 1.61 bits per heavy atom. The Morgan fingerprint density at radius 1 is 0.653 bits per heavy atom. The normalized spacial score (nSPS) is 13.4. The number of esters is 2. The molecule has 1 unspecified atom stereocenters. The molecule has 0 spiro atoms. The largest absolute Gasteiger partial charge is 0.472 e. The quantitative estimate of drug-likeness (QED) is 0.0277. The van der Waals surface area contributed by atoms with Gasteiger partial charge in [0.05, 0.1) is 13.2 Å². The molecule has 2 atom stereocenters. The van der Waals surface area contributed by atoms with Crippen LogP contribution >= 0.6 is 7.82 Å². The van der Waals surface area contributed by atoms with Crippen molar-refractivity contribution in [2.75, 3.05) is 26.4 Å². The summed E-state index contributed by atoms with van der Waals surface area (Å²) in [6.07, 6.45) is 35.3. The van der Waals surface area contributed by atoms with E-state index in [1.165, 1.54) is 96.3 Å². The molecule has 0 fully saturated rings. The van der Waals surface area contributed by atoms with Crippen LogP contribution in [0, 0.1) is 0 Å². The number of nitrogens with two attached hydrogens (primary N) is 1. The number of ether oxygens (including phenoxy) is 2. The molecule has 49 heavy (non-hydrogen) atoms. The molecule has 0 saturated heterocycles. The maximum absolute atomic E-state index is 12.5. The Labute approximate surface area is 300 Å². The van der Waals surface area contributed by atoms with Crippen LogP contribution in [0.15, 0.2) is 24.8 Å². The number of phosphoric ester groups is 1. The van der Waals surface area contributed by atoms with E-state index in [1.54, 1.807) is 0 Å². The van der Waals surface area contributed by atoms with Crippen LogP contribution in [0.5, 0.6) is 0 Å². The number of phosphoric acid groups is 1. The van der Waals surface area contributed by atoms with Crippen molar-refractivity contribution in [3.8, 4) is 0 Å². The van der Waals surface area contributed by atoms with E-state index in [1.807, 2.05) is 6.08 Å². The SMILES string of the molecule is C=CCCCCCCCCCCCCCCCC(=O)O[C@H](COC(=O)CCCCC/C=C/CCCCCCCC)COP(=O)(O)OCCN. The van der Waals surface area contributed by atoms with Gasteiger partial charge >= 0.3 is 19.8 Å². The highest BCUT2D eigenvalue weighted by Gasteiger charge is 2.25. The first kappa shape index (κ1) is 47.5. The van der Waals surface area contributed by atoms with Crippen LogP contribution in [0.2, 0.25) is 0 Å². The van der Waals surface area contributed by atoms with Gasteiger partial charge in [-0.05, 0) is 51.4 Å². The van der Waals surface area contributed by atoms with Crippen molar-refractivity contribution in [2.24, 2.45) is 5.73 Å². The highest BCUT2D eigenvalue weighted by atomic mass is 31.2. The van der Waals surface area contributed by atoms with Crippen LogP contribution in [0.3, 0.4) is 0 Å². The lowest BCUT2D eigenvalue weighted by Gasteiger charge is -2.19. The van der Waals surface area contributed by atoms with Gasteiger partial charge in [-0.15, -0.1) is 6.58 Å². The Kier molecular flexibility index (Phi) is 35.2. The lowest BCUT2D eigenvalue weighted by atomic mass is 10.0. The number of hydrogen-bond donors (Lipinski definition) is 2. The summed E-state index contributed by atoms with van der Waals surface area (Å²) in [4.78, 5) is 34.7. The molecule has 0 rings (SSSR count). The summed E-state index contributed by atoms with van der Waals surface area (Å²) >= 11 is 0. The fourth-order valence-corrected chi connectivity index (χ4v) is 6.26. The van der Waals surface area contributed by atoms with Crippen LogP contribution in [-0.2, 0) is 32.7 Å². The Balaban J connectivity index is 4.19. The highest BCUT2D eigenvalue weighted by Crippen LogP contribution is 2.43. The summed E-state index contributed by atoms with van der Waals surface area (Å²) < 4.78 is 32.7. The summed E-state index contributed by atoms with van der Waals surface area (Å²) in [6.45, 7) is 5.22. The molecule has 0 heterocycles. The van der Waals surface area contributed by atoms with E-state index < -0.39 is 32.5 Å². The molecule has 0 aliphatic heterocycles. The van der Waals surface area contributed by atoms with E-state index in [0.717, 1.165) is 51.4 Å². The Morgan fingerprint density at radius 2 is 1.10 bits per heavy atom. The molecule has 0 aromatic rings. The second-order valence-corrected chi connectivity index (χ2v) is 14.7. The fraction of sp³-hybridized carbons (Fsp3) is 0.846. The predicted octanol–water partition coefficient (Wildman–Crippen LogP) is 10.8. The zero-order chi connectivity index (χ0) is 36.1. The van der Waals surface area contributed by atoms with E-state index in [2.05, 4.69) is 25.7 Å². The van der Waals surface area contributed by atoms with Gasteiger partial charge in [-0.3, -0.25) is 18.6 Å². The minimum Gasteiger partial charge on any atom is -0.462 e. The number of carbonyl (C=O) groups is 2. The molecule has 288 valence electrons. The lowest BCUT2D eigenvalue weighted by molar-refractivity contribution is -0.161. The number of hydrogen-bond acceptors (Lipinski definition) is 8. The van der Waals surface area contributed by atoms with Crippen molar-refractivity contribution in [2.45, 2.75) is 186 Å². The predicted molar refractivity (Wildman–Crippen MR) is 201 cm³/mol. The van der Waals surface area contributed by atoms with E-state index in [-0.39, 0.29) is 32.6 Å². The van der Waals surface area contributed by atoms with E-state index in [0.29, 0.717) is 12.8 Å². The first-order valence-electron chi connectivity index (χ1n) is 19.8. The van der Waals surface area contributed by atoms with Gasteiger partial charge in [-0.25, -0.2) is 4.57 Å². The topological polar surface area (TPSA) is 134 Å². The summed E-state index contributed by atoms with van der Waals surface area (Å²) in [7, 11) is -4.37. The third-order valence-electron chi connectivity index (χ3n) is 8.46. The molecule has 0 aromatic carbocycles. The second kappa shape index (κ2) is 36.3. The monoisotopic (exact) mass is 716 g/mol. The van der Waals surface area contributed by atoms with Crippen molar-refractivity contribution < 1.29 is 37.6 Å². The molecular formula is C39H74NO8P. The van der Waals surface area contributed by atoms with Crippen molar-refractivity contribution in [1.82, 2.24) is 0 Å². The highest BCUT2D eigenvalue weighted by molar-refractivity contribution is 7.47.